The minimum absolute atomic E-state index is 0.0362. The number of nitriles is 2. The summed E-state index contributed by atoms with van der Waals surface area (Å²) in [7, 11) is 0. The molecule has 1 rings (SSSR count). The van der Waals surface area contributed by atoms with Gasteiger partial charge in [0.15, 0.2) is 11.6 Å². The van der Waals surface area contributed by atoms with Gasteiger partial charge in [0.1, 0.15) is 12.1 Å². The average molecular weight is 267 g/mol. The van der Waals surface area contributed by atoms with Crippen molar-refractivity contribution in [3.05, 3.63) is 23.0 Å². The fraction of sp³-hybridized carbons (Fsp3) is 0.182. The van der Waals surface area contributed by atoms with Gasteiger partial charge in [-0.1, -0.05) is 11.6 Å². The van der Waals surface area contributed by atoms with Crippen LogP contribution >= 0.6 is 11.6 Å². The van der Waals surface area contributed by atoms with Crippen LogP contribution in [0, 0.1) is 28.5 Å². The molecule has 0 spiro atoms. The van der Waals surface area contributed by atoms with Crippen LogP contribution < -0.4 is 10.2 Å². The summed E-state index contributed by atoms with van der Waals surface area (Å²) in [6.45, 7) is 1.95. The maximum absolute atomic E-state index is 13.9. The van der Waals surface area contributed by atoms with Crippen LogP contribution in [0.1, 0.15) is 6.92 Å². The Morgan fingerprint density at radius 2 is 2.17 bits per heavy atom. The lowest BCUT2D eigenvalue weighted by Crippen LogP contribution is -2.01. The Bertz CT molecular complexity index is 543. The van der Waals surface area contributed by atoms with Gasteiger partial charge in [0.25, 0.3) is 0 Å². The highest BCUT2D eigenvalue weighted by Gasteiger charge is 2.13. The Hall–Kier alpha value is -2.31. The number of hydrazone groups is 1. The quantitative estimate of drug-likeness (QED) is 0.671. The predicted molar refractivity (Wildman–Crippen MR) is 64.9 cm³/mol. The molecule has 0 aliphatic carbocycles. The van der Waals surface area contributed by atoms with E-state index in [2.05, 4.69) is 10.5 Å². The molecule has 1 aromatic carbocycles. The second-order valence-electron chi connectivity index (χ2n) is 2.97. The van der Waals surface area contributed by atoms with Crippen molar-refractivity contribution in [3.8, 4) is 17.9 Å². The normalized spacial score (nSPS) is 8.94. The Kier molecular flexibility index (Phi) is 4.91. The SMILES string of the molecule is CCOc1c(Cl)ccc(NN=C(C#N)C#N)c1F. The Morgan fingerprint density at radius 3 is 2.72 bits per heavy atom. The first kappa shape index (κ1) is 13.8. The highest BCUT2D eigenvalue weighted by atomic mass is 35.5. The number of halogens is 2. The van der Waals surface area contributed by atoms with Crippen LogP contribution in [0.4, 0.5) is 10.1 Å². The van der Waals surface area contributed by atoms with Crippen molar-refractivity contribution < 1.29 is 9.13 Å². The monoisotopic (exact) mass is 266 g/mol. The Balaban J connectivity index is 3.06. The zero-order valence-corrected chi connectivity index (χ0v) is 10.1. The summed E-state index contributed by atoms with van der Waals surface area (Å²) < 4.78 is 18.9. The molecule has 0 amide bonds. The molecule has 0 atom stereocenters. The van der Waals surface area contributed by atoms with Gasteiger partial charge in [0.05, 0.1) is 17.3 Å². The molecule has 0 aliphatic rings. The number of anilines is 1. The molecule has 1 N–H and O–H groups in total. The average Bonchev–Trinajstić information content (AvgIpc) is 2.38. The number of hydrogen-bond donors (Lipinski definition) is 1. The van der Waals surface area contributed by atoms with E-state index in [0.29, 0.717) is 0 Å². The lowest BCUT2D eigenvalue weighted by molar-refractivity contribution is 0.322. The van der Waals surface area contributed by atoms with Gasteiger partial charge in [0, 0.05) is 0 Å². The van der Waals surface area contributed by atoms with Gasteiger partial charge in [-0.25, -0.2) is 4.39 Å². The lowest BCUT2D eigenvalue weighted by Gasteiger charge is -2.09. The van der Waals surface area contributed by atoms with E-state index in [0.717, 1.165) is 0 Å². The molecule has 5 nitrogen and oxygen atoms in total. The van der Waals surface area contributed by atoms with Gasteiger partial charge in [-0.2, -0.15) is 15.6 Å². The first-order valence-corrected chi connectivity index (χ1v) is 5.26. The maximum Gasteiger partial charge on any atom is 0.237 e. The summed E-state index contributed by atoms with van der Waals surface area (Å²) in [4.78, 5) is 0. The third-order valence-corrected chi connectivity index (χ3v) is 2.14. The highest BCUT2D eigenvalue weighted by molar-refractivity contribution is 6.32. The summed E-state index contributed by atoms with van der Waals surface area (Å²) >= 11 is 5.76. The molecule has 0 saturated carbocycles. The third-order valence-electron chi connectivity index (χ3n) is 1.84. The van der Waals surface area contributed by atoms with Crippen LogP contribution in [0.5, 0.6) is 5.75 Å². The van der Waals surface area contributed by atoms with Crippen LogP contribution in [0.15, 0.2) is 17.2 Å². The Labute approximate surface area is 108 Å². The van der Waals surface area contributed by atoms with E-state index >= 15 is 0 Å². The summed E-state index contributed by atoms with van der Waals surface area (Å²) in [5.41, 5.74) is 1.82. The molecular weight excluding hydrogens is 259 g/mol. The number of rotatable bonds is 4. The minimum atomic E-state index is -0.733. The van der Waals surface area contributed by atoms with E-state index in [9.17, 15) is 4.39 Å². The minimum Gasteiger partial charge on any atom is -0.489 e. The first-order chi connectivity index (χ1) is 8.63. The molecule has 0 fully saturated rings. The molecule has 0 aromatic heterocycles. The third kappa shape index (κ3) is 3.09. The lowest BCUT2D eigenvalue weighted by atomic mass is 10.3. The van der Waals surface area contributed by atoms with E-state index in [1.165, 1.54) is 24.3 Å². The zero-order valence-electron chi connectivity index (χ0n) is 9.37. The van der Waals surface area contributed by atoms with E-state index < -0.39 is 11.5 Å². The molecule has 0 bridgehead atoms. The molecule has 0 unspecified atom stereocenters. The van der Waals surface area contributed by atoms with Crippen LogP contribution in [-0.4, -0.2) is 12.3 Å². The molecule has 0 heterocycles. The largest absolute Gasteiger partial charge is 0.489 e. The topological polar surface area (TPSA) is 81.2 Å². The molecule has 7 heteroatoms. The van der Waals surface area contributed by atoms with Gasteiger partial charge in [-0.3, -0.25) is 5.43 Å². The van der Waals surface area contributed by atoms with Crippen LogP contribution in [0.25, 0.3) is 0 Å². The fourth-order valence-electron chi connectivity index (χ4n) is 1.09. The molecule has 0 saturated heterocycles. The molecule has 18 heavy (non-hydrogen) atoms. The number of ether oxygens (including phenoxy) is 1. The summed E-state index contributed by atoms with van der Waals surface area (Å²) in [6, 6.07) is 5.83. The molecule has 1 aromatic rings. The summed E-state index contributed by atoms with van der Waals surface area (Å²) in [5, 5.41) is 20.5. The van der Waals surface area contributed by atoms with Crippen molar-refractivity contribution in [2.75, 3.05) is 12.0 Å². The molecular formula is C11H8ClFN4O. The summed E-state index contributed by atoms with van der Waals surface area (Å²) in [6.07, 6.45) is 0. The molecule has 92 valence electrons. The van der Waals surface area contributed by atoms with Crippen molar-refractivity contribution in [2.45, 2.75) is 6.92 Å². The van der Waals surface area contributed by atoms with Crippen molar-refractivity contribution in [1.82, 2.24) is 0 Å². The van der Waals surface area contributed by atoms with Crippen molar-refractivity contribution in [3.63, 3.8) is 0 Å². The van der Waals surface area contributed by atoms with E-state index in [-0.39, 0.29) is 23.1 Å². The van der Waals surface area contributed by atoms with Crippen molar-refractivity contribution in [2.24, 2.45) is 5.10 Å². The zero-order chi connectivity index (χ0) is 13.5. The summed E-state index contributed by atoms with van der Waals surface area (Å²) in [5.74, 6) is -0.835. The number of nitrogens with one attached hydrogen (secondary N) is 1. The number of hydrogen-bond acceptors (Lipinski definition) is 5. The fourth-order valence-corrected chi connectivity index (χ4v) is 1.29. The number of nitrogens with zero attached hydrogens (tertiary/aromatic N) is 3. The standard InChI is InChI=1S/C11H8ClFN4O/c1-2-18-11-8(12)3-4-9(10(11)13)17-16-7(5-14)6-15/h3-4,17H,2H2,1H3. The second-order valence-corrected chi connectivity index (χ2v) is 3.37. The van der Waals surface area contributed by atoms with E-state index in [4.69, 9.17) is 26.9 Å². The Morgan fingerprint density at radius 1 is 1.50 bits per heavy atom. The molecule has 0 aliphatic heterocycles. The van der Waals surface area contributed by atoms with Crippen LogP contribution in [0.2, 0.25) is 5.02 Å². The molecule has 0 radical (unpaired) electrons. The number of benzene rings is 1. The van der Waals surface area contributed by atoms with Crippen LogP contribution in [0.3, 0.4) is 0 Å². The van der Waals surface area contributed by atoms with Crippen LogP contribution in [-0.2, 0) is 0 Å². The smallest absolute Gasteiger partial charge is 0.237 e. The van der Waals surface area contributed by atoms with Gasteiger partial charge < -0.3 is 4.74 Å². The predicted octanol–water partition coefficient (Wildman–Crippen LogP) is 2.69. The van der Waals surface area contributed by atoms with Crippen molar-refractivity contribution in [1.29, 1.82) is 10.5 Å². The maximum atomic E-state index is 13.9. The van der Waals surface area contributed by atoms with Gasteiger partial charge >= 0.3 is 0 Å². The van der Waals surface area contributed by atoms with Gasteiger partial charge in [0.2, 0.25) is 5.71 Å². The van der Waals surface area contributed by atoms with Gasteiger partial charge in [-0.05, 0) is 19.1 Å². The second kappa shape index (κ2) is 6.43. The van der Waals surface area contributed by atoms with E-state index in [1.807, 2.05) is 0 Å². The highest BCUT2D eigenvalue weighted by Crippen LogP contribution is 2.32. The van der Waals surface area contributed by atoms with Crippen molar-refractivity contribution >= 4 is 23.0 Å². The van der Waals surface area contributed by atoms with E-state index in [1.54, 1.807) is 6.92 Å². The van der Waals surface area contributed by atoms with Gasteiger partial charge in [-0.15, -0.1) is 0 Å². The first-order valence-electron chi connectivity index (χ1n) is 4.88.